The van der Waals surface area contributed by atoms with Crippen molar-refractivity contribution < 1.29 is 14.1 Å². The Labute approximate surface area is 136 Å². The van der Waals surface area contributed by atoms with Crippen LogP contribution in [0.3, 0.4) is 0 Å². The number of amides is 1. The van der Waals surface area contributed by atoms with Crippen LogP contribution in [0.15, 0.2) is 24.5 Å². The Morgan fingerprint density at radius 3 is 3.00 bits per heavy atom. The first-order valence-corrected chi connectivity index (χ1v) is 8.01. The van der Waals surface area contributed by atoms with Crippen molar-refractivity contribution in [1.29, 1.82) is 0 Å². The lowest BCUT2D eigenvalue weighted by Crippen LogP contribution is -2.52. The first-order valence-electron chi connectivity index (χ1n) is 8.01. The van der Waals surface area contributed by atoms with E-state index in [0.717, 1.165) is 17.9 Å². The molecule has 2 aromatic rings. The van der Waals surface area contributed by atoms with E-state index in [1.807, 2.05) is 33.2 Å². The van der Waals surface area contributed by atoms with E-state index in [1.165, 1.54) is 5.56 Å². The molecule has 0 aliphatic carbocycles. The highest BCUT2D eigenvalue weighted by molar-refractivity contribution is 5.82. The Morgan fingerprint density at radius 1 is 1.52 bits per heavy atom. The predicted molar refractivity (Wildman–Crippen MR) is 87.1 cm³/mol. The van der Waals surface area contributed by atoms with Crippen LogP contribution in [-0.2, 0) is 22.1 Å². The van der Waals surface area contributed by atoms with Gasteiger partial charge in [-0.05, 0) is 32.9 Å². The summed E-state index contributed by atoms with van der Waals surface area (Å²) >= 11 is 0. The number of morpholine rings is 1. The van der Waals surface area contributed by atoms with Gasteiger partial charge in [0.1, 0.15) is 17.8 Å². The molecule has 1 saturated heterocycles. The van der Waals surface area contributed by atoms with Crippen LogP contribution < -0.4 is 15.2 Å². The maximum absolute atomic E-state index is 12.5. The number of rotatable bonds is 3. The molecule has 1 aliphatic heterocycles. The van der Waals surface area contributed by atoms with Crippen LogP contribution in [0.2, 0.25) is 0 Å². The topological polar surface area (TPSA) is 58.6 Å². The molecule has 0 unspecified atom stereocenters. The lowest BCUT2D eigenvalue weighted by Gasteiger charge is -2.28. The number of aryl methyl sites for hydroxylation is 2. The maximum Gasteiger partial charge on any atom is 0.289 e. The number of hydrogen-bond donors (Lipinski definition) is 2. The number of nitrogens with one attached hydrogen (secondary N) is 2. The zero-order chi connectivity index (χ0) is 16.6. The Morgan fingerprint density at radius 2 is 2.30 bits per heavy atom. The molecule has 1 fully saturated rings. The minimum Gasteiger partial charge on any atom is -0.366 e. The van der Waals surface area contributed by atoms with Gasteiger partial charge in [0.2, 0.25) is 0 Å². The lowest BCUT2D eigenvalue weighted by atomic mass is 10.0. The second kappa shape index (κ2) is 5.94. The smallest absolute Gasteiger partial charge is 0.289 e. The van der Waals surface area contributed by atoms with Crippen molar-refractivity contribution in [2.75, 3.05) is 19.7 Å². The summed E-state index contributed by atoms with van der Waals surface area (Å²) in [6, 6.07) is 4.12. The van der Waals surface area contributed by atoms with Gasteiger partial charge < -0.3 is 15.4 Å². The van der Waals surface area contributed by atoms with Crippen LogP contribution in [0.4, 0.5) is 0 Å². The number of ether oxygens (including phenoxy) is 1. The normalized spacial score (nSPS) is 19.0. The number of nitrogens with zero attached hydrogens (tertiary/aromatic N) is 2. The third kappa shape index (κ3) is 2.96. The summed E-state index contributed by atoms with van der Waals surface area (Å²) in [5.74, 6) is -0.0764. The van der Waals surface area contributed by atoms with Gasteiger partial charge >= 0.3 is 0 Å². The third-order valence-electron chi connectivity index (χ3n) is 4.37. The Balaban J connectivity index is 1.90. The van der Waals surface area contributed by atoms with Gasteiger partial charge in [0.15, 0.2) is 5.69 Å². The van der Waals surface area contributed by atoms with Crippen molar-refractivity contribution in [1.82, 2.24) is 15.0 Å². The van der Waals surface area contributed by atoms with E-state index in [2.05, 4.69) is 38.8 Å². The molecule has 0 radical (unpaired) electrons. The quantitative estimate of drug-likeness (QED) is 0.806. The first kappa shape index (κ1) is 16.0. The minimum absolute atomic E-state index is 0.0764. The summed E-state index contributed by atoms with van der Waals surface area (Å²) in [4.78, 5) is 12.5. The van der Waals surface area contributed by atoms with Crippen molar-refractivity contribution in [3.05, 3.63) is 35.8 Å². The predicted octanol–water partition coefficient (Wildman–Crippen LogP) is 0.412. The molecule has 1 atom stereocenters. The molecule has 124 valence electrons. The average molecular weight is 317 g/mol. The number of imidazole rings is 1. The van der Waals surface area contributed by atoms with Crippen molar-refractivity contribution in [2.24, 2.45) is 7.05 Å². The monoisotopic (exact) mass is 317 g/mol. The molecule has 1 amide bonds. The number of carbonyl (C=O) groups is 1. The van der Waals surface area contributed by atoms with Crippen LogP contribution in [0.1, 0.15) is 25.1 Å². The maximum atomic E-state index is 12.5. The molecule has 6 heteroatoms. The first-order chi connectivity index (χ1) is 10.9. The van der Waals surface area contributed by atoms with E-state index in [4.69, 9.17) is 4.74 Å². The van der Waals surface area contributed by atoms with Crippen LogP contribution in [0.5, 0.6) is 0 Å². The molecular weight excluding hydrogens is 292 g/mol. The van der Waals surface area contributed by atoms with E-state index in [9.17, 15) is 4.79 Å². The Kier molecular flexibility index (Phi) is 4.12. The molecule has 1 aliphatic rings. The molecule has 0 bridgehead atoms. The van der Waals surface area contributed by atoms with Crippen LogP contribution in [0.25, 0.3) is 5.65 Å². The molecule has 23 heavy (non-hydrogen) atoms. The molecule has 0 spiro atoms. The van der Waals surface area contributed by atoms with Gasteiger partial charge in [-0.3, -0.25) is 4.79 Å². The van der Waals surface area contributed by atoms with Crippen molar-refractivity contribution in [3.63, 3.8) is 0 Å². The number of fused-ring (bicyclic) bond motifs is 1. The molecule has 2 N–H and O–H groups in total. The third-order valence-corrected chi connectivity index (χ3v) is 4.37. The van der Waals surface area contributed by atoms with Gasteiger partial charge in [0.05, 0.1) is 19.9 Å². The fourth-order valence-corrected chi connectivity index (χ4v) is 3.21. The van der Waals surface area contributed by atoms with Crippen molar-refractivity contribution in [3.8, 4) is 0 Å². The molecule has 0 saturated carbocycles. The highest BCUT2D eigenvalue weighted by Gasteiger charge is 2.34. The van der Waals surface area contributed by atoms with Gasteiger partial charge in [0, 0.05) is 18.7 Å². The fraction of sp³-hybridized carbons (Fsp3) is 0.529. The van der Waals surface area contributed by atoms with E-state index < -0.39 is 11.6 Å². The largest absolute Gasteiger partial charge is 0.366 e. The zero-order valence-electron chi connectivity index (χ0n) is 14.2. The number of hydrogen-bond acceptors (Lipinski definition) is 3. The molecular formula is C17H25N4O2+. The summed E-state index contributed by atoms with van der Waals surface area (Å²) < 4.78 is 9.78. The van der Waals surface area contributed by atoms with Gasteiger partial charge in [-0.2, -0.15) is 4.40 Å². The average Bonchev–Trinajstić information content (AvgIpc) is 2.87. The van der Waals surface area contributed by atoms with Gasteiger partial charge in [0.25, 0.3) is 11.6 Å². The fourth-order valence-electron chi connectivity index (χ4n) is 3.21. The Bertz CT molecular complexity index is 730. The molecule has 3 rings (SSSR count). The van der Waals surface area contributed by atoms with Crippen LogP contribution >= 0.6 is 0 Å². The summed E-state index contributed by atoms with van der Waals surface area (Å²) in [5, 5.41) is 6.32. The van der Waals surface area contributed by atoms with E-state index in [-0.39, 0.29) is 5.91 Å². The highest BCUT2D eigenvalue weighted by Crippen LogP contribution is 2.22. The van der Waals surface area contributed by atoms with E-state index in [1.54, 1.807) is 0 Å². The number of carbonyl (C=O) groups excluding carboxylic acids is 1. The van der Waals surface area contributed by atoms with Gasteiger partial charge in [-0.1, -0.05) is 0 Å². The van der Waals surface area contributed by atoms with E-state index in [0.29, 0.717) is 13.2 Å². The molecule has 0 aromatic carbocycles. The van der Waals surface area contributed by atoms with Crippen LogP contribution in [-0.4, -0.2) is 36.1 Å². The van der Waals surface area contributed by atoms with E-state index >= 15 is 0 Å². The summed E-state index contributed by atoms with van der Waals surface area (Å²) in [5.41, 5.74) is 2.86. The summed E-state index contributed by atoms with van der Waals surface area (Å²) in [7, 11) is 2.03. The molecule has 2 aromatic heterocycles. The summed E-state index contributed by atoms with van der Waals surface area (Å²) in [6.45, 7) is 8.05. The minimum atomic E-state index is -0.504. The standard InChI is InChI=1S/C17H24N4O2/c1-12-6-5-8-21-14(11-20(4)16(12)21)17(2,3)19-15(22)13-10-18-7-9-23-13/h5-6,8,11,13,18H,7,9-10H2,1-4H3/p+1/t13-/m0/s1. The lowest BCUT2D eigenvalue weighted by molar-refractivity contribution is -0.644. The number of pyridine rings is 1. The molecule has 3 heterocycles. The van der Waals surface area contributed by atoms with Crippen LogP contribution in [0, 0.1) is 6.92 Å². The van der Waals surface area contributed by atoms with Crippen molar-refractivity contribution >= 4 is 11.6 Å². The zero-order valence-corrected chi connectivity index (χ0v) is 14.2. The number of aromatic nitrogens is 2. The van der Waals surface area contributed by atoms with Crippen molar-refractivity contribution in [2.45, 2.75) is 32.4 Å². The Hall–Kier alpha value is -1.92. The SMILES string of the molecule is Cc1cccn2c(C(C)(C)NC(=O)[C@@H]3CNCCO3)c[n+](C)c12. The molecule has 6 nitrogen and oxygen atoms in total. The van der Waals surface area contributed by atoms with Gasteiger partial charge in [-0.25, -0.2) is 4.57 Å². The highest BCUT2D eigenvalue weighted by atomic mass is 16.5. The second-order valence-electron chi connectivity index (χ2n) is 6.69. The second-order valence-corrected chi connectivity index (χ2v) is 6.69. The van der Waals surface area contributed by atoms with Gasteiger partial charge in [-0.15, -0.1) is 0 Å². The summed E-state index contributed by atoms with van der Waals surface area (Å²) in [6.07, 6.45) is 3.68.